The van der Waals surface area contributed by atoms with Gasteiger partial charge in [-0.05, 0) is 73.6 Å². The summed E-state index contributed by atoms with van der Waals surface area (Å²) in [6.45, 7) is 0. The highest BCUT2D eigenvalue weighted by molar-refractivity contribution is 6.30. The van der Waals surface area contributed by atoms with Gasteiger partial charge in [0.1, 0.15) is 5.82 Å². The number of aromatic nitrogens is 4. The van der Waals surface area contributed by atoms with Crippen LogP contribution in [-0.2, 0) is 0 Å². The maximum Gasteiger partial charge on any atom is 0.132 e. The quantitative estimate of drug-likeness (QED) is 0.460. The molecule has 0 saturated heterocycles. The van der Waals surface area contributed by atoms with Gasteiger partial charge in [0, 0.05) is 28.4 Å². The molecule has 30 heavy (non-hydrogen) atoms. The van der Waals surface area contributed by atoms with Gasteiger partial charge in [0.15, 0.2) is 0 Å². The lowest BCUT2D eigenvalue weighted by Crippen LogP contribution is -2.25. The highest BCUT2D eigenvalue weighted by atomic mass is 35.5. The van der Waals surface area contributed by atoms with Gasteiger partial charge in [-0.15, -0.1) is 0 Å². The largest absolute Gasteiger partial charge is 0.328 e. The van der Waals surface area contributed by atoms with E-state index in [-0.39, 0.29) is 5.82 Å². The number of H-pyrrole nitrogens is 1. The van der Waals surface area contributed by atoms with Gasteiger partial charge >= 0.3 is 0 Å². The third-order valence-electron chi connectivity index (χ3n) is 5.91. The van der Waals surface area contributed by atoms with Gasteiger partial charge in [-0.1, -0.05) is 11.6 Å². The topological polar surface area (TPSA) is 80.5 Å². The van der Waals surface area contributed by atoms with Gasteiger partial charge < -0.3 is 5.73 Å². The third kappa shape index (κ3) is 3.57. The van der Waals surface area contributed by atoms with E-state index in [1.54, 1.807) is 12.3 Å². The molecule has 0 unspecified atom stereocenters. The predicted octanol–water partition coefficient (Wildman–Crippen LogP) is 5.46. The van der Waals surface area contributed by atoms with Gasteiger partial charge in [0.2, 0.25) is 0 Å². The molecule has 7 heteroatoms. The Hall–Kier alpha value is -2.83. The second kappa shape index (κ2) is 7.78. The van der Waals surface area contributed by atoms with E-state index >= 15 is 0 Å². The van der Waals surface area contributed by atoms with Crippen molar-refractivity contribution in [3.8, 4) is 22.5 Å². The molecule has 1 fully saturated rings. The molecule has 1 aliphatic rings. The summed E-state index contributed by atoms with van der Waals surface area (Å²) < 4.78 is 14.4. The highest BCUT2D eigenvalue weighted by Gasteiger charge is 2.21. The number of hydrogen-bond donors (Lipinski definition) is 2. The van der Waals surface area contributed by atoms with E-state index in [1.165, 1.54) is 17.7 Å². The van der Waals surface area contributed by atoms with Crippen molar-refractivity contribution in [2.24, 2.45) is 5.73 Å². The zero-order chi connectivity index (χ0) is 20.7. The van der Waals surface area contributed by atoms with Crippen molar-refractivity contribution in [2.75, 3.05) is 0 Å². The van der Waals surface area contributed by atoms with Crippen LogP contribution in [0.5, 0.6) is 0 Å². The Kier molecular flexibility index (Phi) is 4.97. The number of nitrogens with two attached hydrogens (primary N) is 1. The number of nitrogens with one attached hydrogen (secondary N) is 1. The maximum absolute atomic E-state index is 14.4. The van der Waals surface area contributed by atoms with Gasteiger partial charge in [-0.3, -0.25) is 10.1 Å². The molecule has 0 spiro atoms. The summed E-state index contributed by atoms with van der Waals surface area (Å²) in [7, 11) is 0. The van der Waals surface area contributed by atoms with Crippen LogP contribution < -0.4 is 5.73 Å². The molecule has 152 valence electrons. The fraction of sp³-hybridized carbons (Fsp3) is 0.261. The Morgan fingerprint density at radius 1 is 0.967 bits per heavy atom. The number of fused-ring (bicyclic) bond motifs is 1. The van der Waals surface area contributed by atoms with Crippen molar-refractivity contribution in [1.29, 1.82) is 0 Å². The molecule has 5 rings (SSSR count). The van der Waals surface area contributed by atoms with E-state index < -0.39 is 0 Å². The molecule has 5 nitrogen and oxygen atoms in total. The van der Waals surface area contributed by atoms with E-state index in [4.69, 9.17) is 22.3 Å². The summed E-state index contributed by atoms with van der Waals surface area (Å²) in [5.41, 5.74) is 11.2. The van der Waals surface area contributed by atoms with Crippen LogP contribution in [0, 0.1) is 5.82 Å². The molecule has 0 aliphatic heterocycles. The molecule has 4 aromatic rings. The van der Waals surface area contributed by atoms with Crippen LogP contribution in [0.15, 0.2) is 48.8 Å². The zero-order valence-corrected chi connectivity index (χ0v) is 17.0. The molecular formula is C23H21ClFN5. The highest BCUT2D eigenvalue weighted by Crippen LogP contribution is 2.35. The molecule has 0 radical (unpaired) electrons. The van der Waals surface area contributed by atoms with Crippen LogP contribution in [0.4, 0.5) is 4.39 Å². The van der Waals surface area contributed by atoms with Crippen molar-refractivity contribution in [3.05, 3.63) is 65.2 Å². The lowest BCUT2D eigenvalue weighted by molar-refractivity contribution is 0.395. The Morgan fingerprint density at radius 2 is 1.80 bits per heavy atom. The standard InChI is InChI=1S/C23H21ClFN5/c24-15-3-6-19(25)17(10-15)23-18(12-28-30-23)20-7-8-21-22(29-20)9-14(11-27-21)13-1-4-16(26)5-2-13/h3,6-13,16H,1-2,4-5,26H2,(H,28,30). The second-order valence-corrected chi connectivity index (χ2v) is 8.33. The van der Waals surface area contributed by atoms with E-state index in [2.05, 4.69) is 21.2 Å². The van der Waals surface area contributed by atoms with E-state index in [0.29, 0.717) is 39.5 Å². The third-order valence-corrected chi connectivity index (χ3v) is 6.15. The van der Waals surface area contributed by atoms with Crippen LogP contribution >= 0.6 is 11.6 Å². The van der Waals surface area contributed by atoms with Crippen molar-refractivity contribution in [1.82, 2.24) is 20.2 Å². The summed E-state index contributed by atoms with van der Waals surface area (Å²) in [4.78, 5) is 9.43. The molecule has 1 saturated carbocycles. The first-order valence-electron chi connectivity index (χ1n) is 10.1. The molecule has 0 bridgehead atoms. The minimum Gasteiger partial charge on any atom is -0.328 e. The SMILES string of the molecule is NC1CCC(c2cnc3ccc(-c4cn[nH]c4-c4cc(Cl)ccc4F)nc3c2)CC1. The molecule has 3 heterocycles. The van der Waals surface area contributed by atoms with E-state index in [1.807, 2.05) is 18.3 Å². The number of aromatic amines is 1. The summed E-state index contributed by atoms with van der Waals surface area (Å²) in [6, 6.07) is 10.7. The van der Waals surface area contributed by atoms with Crippen LogP contribution in [-0.4, -0.2) is 26.2 Å². The summed E-state index contributed by atoms with van der Waals surface area (Å²) in [5.74, 6) is 0.0994. The van der Waals surface area contributed by atoms with Crippen LogP contribution in [0.2, 0.25) is 5.02 Å². The molecule has 3 N–H and O–H groups in total. The average Bonchev–Trinajstić information content (AvgIpc) is 3.25. The molecule has 1 aliphatic carbocycles. The first kappa shape index (κ1) is 19.2. The van der Waals surface area contributed by atoms with Crippen molar-refractivity contribution >= 4 is 22.6 Å². The summed E-state index contributed by atoms with van der Waals surface area (Å²) in [5, 5.41) is 7.47. The average molecular weight is 422 g/mol. The molecule has 3 aromatic heterocycles. The van der Waals surface area contributed by atoms with Gasteiger partial charge in [0.05, 0.1) is 28.6 Å². The van der Waals surface area contributed by atoms with E-state index in [9.17, 15) is 4.39 Å². The van der Waals surface area contributed by atoms with Crippen molar-refractivity contribution in [2.45, 2.75) is 37.6 Å². The molecule has 0 atom stereocenters. The second-order valence-electron chi connectivity index (χ2n) is 7.90. The van der Waals surface area contributed by atoms with Gasteiger partial charge in [-0.25, -0.2) is 9.37 Å². The minimum absolute atomic E-state index is 0.311. The zero-order valence-electron chi connectivity index (χ0n) is 16.3. The summed E-state index contributed by atoms with van der Waals surface area (Å²) >= 11 is 6.08. The Labute approximate surface area is 178 Å². The first-order chi connectivity index (χ1) is 14.6. The number of benzene rings is 1. The minimum atomic E-state index is -0.370. The van der Waals surface area contributed by atoms with Gasteiger partial charge in [-0.2, -0.15) is 5.10 Å². The maximum atomic E-state index is 14.4. The van der Waals surface area contributed by atoms with Crippen LogP contribution in [0.1, 0.15) is 37.2 Å². The lowest BCUT2D eigenvalue weighted by atomic mass is 9.82. The number of halogens is 2. The van der Waals surface area contributed by atoms with Crippen LogP contribution in [0.25, 0.3) is 33.5 Å². The molecular weight excluding hydrogens is 401 g/mol. The fourth-order valence-electron chi connectivity index (χ4n) is 4.22. The first-order valence-corrected chi connectivity index (χ1v) is 10.5. The number of nitrogens with zero attached hydrogens (tertiary/aromatic N) is 3. The lowest BCUT2D eigenvalue weighted by Gasteiger charge is -2.26. The fourth-order valence-corrected chi connectivity index (χ4v) is 4.39. The monoisotopic (exact) mass is 421 g/mol. The van der Waals surface area contributed by atoms with Crippen molar-refractivity contribution < 1.29 is 4.39 Å². The normalized spacial score (nSPS) is 19.3. The Bertz CT molecular complexity index is 1210. The van der Waals surface area contributed by atoms with Crippen LogP contribution in [0.3, 0.4) is 0 Å². The summed E-state index contributed by atoms with van der Waals surface area (Å²) in [6.07, 6.45) is 7.85. The Morgan fingerprint density at radius 3 is 2.63 bits per heavy atom. The smallest absolute Gasteiger partial charge is 0.132 e. The van der Waals surface area contributed by atoms with E-state index in [0.717, 1.165) is 36.7 Å². The number of hydrogen-bond acceptors (Lipinski definition) is 4. The molecule has 0 amide bonds. The Balaban J connectivity index is 1.54. The number of pyridine rings is 2. The predicted molar refractivity (Wildman–Crippen MR) is 117 cm³/mol. The number of rotatable bonds is 3. The van der Waals surface area contributed by atoms with Gasteiger partial charge in [0.25, 0.3) is 0 Å². The van der Waals surface area contributed by atoms with Crippen molar-refractivity contribution in [3.63, 3.8) is 0 Å². The molecule has 1 aromatic carbocycles.